The zero-order valence-corrected chi connectivity index (χ0v) is 16.3. The van der Waals surface area contributed by atoms with Crippen LogP contribution >= 0.6 is 15.9 Å². The van der Waals surface area contributed by atoms with Gasteiger partial charge in [-0.25, -0.2) is 4.98 Å². The van der Waals surface area contributed by atoms with Crippen LogP contribution in [0.15, 0.2) is 41.1 Å². The number of hydrogen-bond acceptors (Lipinski definition) is 3. The number of aryl methyl sites for hydroxylation is 1. The zero-order valence-electron chi connectivity index (χ0n) is 14.7. The van der Waals surface area contributed by atoms with Crippen molar-refractivity contribution in [3.05, 3.63) is 52.3 Å². The molecule has 3 N–H and O–H groups in total. The Morgan fingerprint density at radius 2 is 1.96 bits per heavy atom. The van der Waals surface area contributed by atoms with Crippen LogP contribution in [0.3, 0.4) is 0 Å². The summed E-state index contributed by atoms with van der Waals surface area (Å²) in [5, 5.41) is 16.1. The van der Waals surface area contributed by atoms with Gasteiger partial charge in [0, 0.05) is 34.3 Å². The van der Waals surface area contributed by atoms with Gasteiger partial charge in [-0.3, -0.25) is 0 Å². The van der Waals surface area contributed by atoms with E-state index in [-0.39, 0.29) is 0 Å². The summed E-state index contributed by atoms with van der Waals surface area (Å²) in [7, 11) is 0. The molecule has 5 heteroatoms. The summed E-state index contributed by atoms with van der Waals surface area (Å²) in [5.74, 6) is 0. The van der Waals surface area contributed by atoms with Crippen molar-refractivity contribution in [2.75, 3.05) is 0 Å². The van der Waals surface area contributed by atoms with E-state index in [9.17, 15) is 5.11 Å². The lowest BCUT2D eigenvalue weighted by molar-refractivity contribution is -0.0119. The Morgan fingerprint density at radius 1 is 1.19 bits per heavy atom. The Balaban J connectivity index is 1.57. The number of benzene rings is 1. The van der Waals surface area contributed by atoms with Crippen LogP contribution in [0.25, 0.3) is 22.2 Å². The van der Waals surface area contributed by atoms with Gasteiger partial charge in [0.25, 0.3) is 0 Å². The van der Waals surface area contributed by atoms with Crippen molar-refractivity contribution >= 4 is 27.0 Å². The summed E-state index contributed by atoms with van der Waals surface area (Å²) in [6.07, 6.45) is 7.75. The summed E-state index contributed by atoms with van der Waals surface area (Å²) in [6, 6.07) is 9.42. The Morgan fingerprint density at radius 3 is 2.69 bits per heavy atom. The quantitative estimate of drug-likeness (QED) is 0.585. The third-order valence-corrected chi connectivity index (χ3v) is 6.69. The molecule has 2 aliphatic rings. The normalized spacial score (nSPS) is 28.0. The summed E-state index contributed by atoms with van der Waals surface area (Å²) in [5.41, 5.74) is 4.71. The maximum Gasteiger partial charge on any atom is 0.139 e. The molecule has 134 valence electrons. The van der Waals surface area contributed by atoms with E-state index in [1.54, 1.807) is 0 Å². The second-order valence-corrected chi connectivity index (χ2v) is 8.68. The van der Waals surface area contributed by atoms with Crippen molar-refractivity contribution in [1.29, 1.82) is 0 Å². The maximum atomic E-state index is 11.4. The lowest BCUT2D eigenvalue weighted by Gasteiger charge is -2.38. The third-order valence-electron chi connectivity index (χ3n) is 6.07. The van der Waals surface area contributed by atoms with Crippen molar-refractivity contribution < 1.29 is 5.11 Å². The molecule has 2 aliphatic heterocycles. The number of rotatable bonds is 2. The standard InChI is InChI=1S/C21H22BrN3O/c1-12-8-13(16-6-7-23-20-19(16)18(22)11-24-20)2-5-17(12)21(26)9-14-3-4-15(10-21)25-14/h2,5-8,11,14-15,25-26H,3-4,9-10H2,1H3,(H,23,24). The van der Waals surface area contributed by atoms with Crippen LogP contribution in [0.1, 0.15) is 36.8 Å². The zero-order chi connectivity index (χ0) is 17.9. The number of hydrogen-bond donors (Lipinski definition) is 3. The molecule has 2 fully saturated rings. The number of aromatic nitrogens is 2. The van der Waals surface area contributed by atoms with Gasteiger partial charge in [0.2, 0.25) is 0 Å². The predicted octanol–water partition coefficient (Wildman–Crippen LogP) is 4.40. The van der Waals surface area contributed by atoms with E-state index >= 15 is 0 Å². The lowest BCUT2D eigenvalue weighted by atomic mass is 9.79. The highest BCUT2D eigenvalue weighted by Gasteiger charge is 2.44. The first-order valence-corrected chi connectivity index (χ1v) is 10.0. The second-order valence-electron chi connectivity index (χ2n) is 7.83. The van der Waals surface area contributed by atoms with Crippen LogP contribution in [0.5, 0.6) is 0 Å². The predicted molar refractivity (Wildman–Crippen MR) is 107 cm³/mol. The molecule has 2 saturated heterocycles. The fourth-order valence-electron chi connectivity index (χ4n) is 4.95. The van der Waals surface area contributed by atoms with Crippen LogP contribution in [0.2, 0.25) is 0 Å². The van der Waals surface area contributed by atoms with Gasteiger partial charge in [0.1, 0.15) is 5.65 Å². The van der Waals surface area contributed by atoms with E-state index in [0.717, 1.165) is 50.6 Å². The van der Waals surface area contributed by atoms with Crippen molar-refractivity contribution in [2.45, 2.75) is 50.3 Å². The number of nitrogens with one attached hydrogen (secondary N) is 2. The van der Waals surface area contributed by atoms with E-state index in [1.807, 2.05) is 12.4 Å². The number of pyridine rings is 1. The molecule has 2 unspecified atom stereocenters. The fraction of sp³-hybridized carbons (Fsp3) is 0.381. The molecule has 1 aromatic carbocycles. The molecule has 26 heavy (non-hydrogen) atoms. The van der Waals surface area contributed by atoms with Gasteiger partial charge in [0.15, 0.2) is 0 Å². The van der Waals surface area contributed by atoms with E-state index in [0.29, 0.717) is 12.1 Å². The minimum absolute atomic E-state index is 0.452. The van der Waals surface area contributed by atoms with Crippen LogP contribution in [-0.2, 0) is 5.60 Å². The molecule has 0 aliphatic carbocycles. The summed E-state index contributed by atoms with van der Waals surface area (Å²) < 4.78 is 1.02. The van der Waals surface area contributed by atoms with Gasteiger partial charge >= 0.3 is 0 Å². The van der Waals surface area contributed by atoms with E-state index in [2.05, 4.69) is 62.4 Å². The van der Waals surface area contributed by atoms with Gasteiger partial charge in [-0.1, -0.05) is 18.2 Å². The largest absolute Gasteiger partial charge is 0.385 e. The van der Waals surface area contributed by atoms with E-state index in [1.165, 1.54) is 12.8 Å². The number of H-pyrrole nitrogens is 1. The molecule has 2 bridgehead atoms. The van der Waals surface area contributed by atoms with Crippen LogP contribution < -0.4 is 5.32 Å². The molecule has 4 heterocycles. The van der Waals surface area contributed by atoms with Gasteiger partial charge in [-0.05, 0) is 76.9 Å². The second kappa shape index (κ2) is 5.91. The Labute approximate surface area is 161 Å². The Bertz CT molecular complexity index is 984. The number of aliphatic hydroxyl groups is 1. The monoisotopic (exact) mass is 411 g/mol. The topological polar surface area (TPSA) is 60.9 Å². The molecule has 0 amide bonds. The molecule has 2 aromatic heterocycles. The molecular formula is C21H22BrN3O. The van der Waals surface area contributed by atoms with Crippen molar-refractivity contribution in [2.24, 2.45) is 0 Å². The van der Waals surface area contributed by atoms with E-state index in [4.69, 9.17) is 0 Å². The van der Waals surface area contributed by atoms with Crippen molar-refractivity contribution in [1.82, 2.24) is 15.3 Å². The SMILES string of the molecule is Cc1cc(-c2ccnc3[nH]cc(Br)c23)ccc1C1(O)CC2CCC(C1)N2. The Kier molecular flexibility index (Phi) is 3.75. The Hall–Kier alpha value is -1.69. The van der Waals surface area contributed by atoms with Crippen LogP contribution in [-0.4, -0.2) is 27.2 Å². The molecular weight excluding hydrogens is 390 g/mol. The van der Waals surface area contributed by atoms with Crippen LogP contribution in [0.4, 0.5) is 0 Å². The smallest absolute Gasteiger partial charge is 0.139 e. The number of nitrogens with zero attached hydrogens (tertiary/aromatic N) is 1. The number of piperidine rings is 1. The average Bonchev–Trinajstić information content (AvgIpc) is 3.17. The highest BCUT2D eigenvalue weighted by atomic mass is 79.9. The van der Waals surface area contributed by atoms with Gasteiger partial charge in [-0.2, -0.15) is 0 Å². The van der Waals surface area contributed by atoms with Gasteiger partial charge in [0.05, 0.1) is 5.60 Å². The molecule has 4 nitrogen and oxygen atoms in total. The van der Waals surface area contributed by atoms with Gasteiger partial charge in [-0.15, -0.1) is 0 Å². The first-order valence-electron chi connectivity index (χ1n) is 9.25. The lowest BCUT2D eigenvalue weighted by Crippen LogP contribution is -2.47. The molecule has 0 spiro atoms. The number of aromatic amines is 1. The highest BCUT2D eigenvalue weighted by Crippen LogP contribution is 2.43. The molecule has 5 rings (SSSR count). The fourth-order valence-corrected chi connectivity index (χ4v) is 5.47. The number of halogens is 1. The minimum atomic E-state index is -0.706. The van der Waals surface area contributed by atoms with E-state index < -0.39 is 5.60 Å². The van der Waals surface area contributed by atoms with Gasteiger partial charge < -0.3 is 15.4 Å². The maximum absolute atomic E-state index is 11.4. The summed E-state index contributed by atoms with van der Waals surface area (Å²) >= 11 is 3.62. The number of fused-ring (bicyclic) bond motifs is 3. The molecule has 2 atom stereocenters. The highest BCUT2D eigenvalue weighted by molar-refractivity contribution is 9.10. The van der Waals surface area contributed by atoms with Crippen molar-refractivity contribution in [3.8, 4) is 11.1 Å². The minimum Gasteiger partial charge on any atom is -0.385 e. The first kappa shape index (κ1) is 16.5. The van der Waals surface area contributed by atoms with Crippen LogP contribution in [0, 0.1) is 6.92 Å². The molecule has 3 aromatic rings. The molecule has 0 saturated carbocycles. The molecule has 0 radical (unpaired) electrons. The van der Waals surface area contributed by atoms with Crippen molar-refractivity contribution in [3.63, 3.8) is 0 Å². The summed E-state index contributed by atoms with van der Waals surface area (Å²) in [6.45, 7) is 2.12. The average molecular weight is 412 g/mol. The third kappa shape index (κ3) is 2.53. The summed E-state index contributed by atoms with van der Waals surface area (Å²) in [4.78, 5) is 7.60. The first-order chi connectivity index (χ1) is 12.5.